The second kappa shape index (κ2) is 13.2. The van der Waals surface area contributed by atoms with Crippen LogP contribution in [0.25, 0.3) is 103 Å². The molecule has 0 N–H and O–H groups in total. The van der Waals surface area contributed by atoms with E-state index in [1.54, 1.807) is 10.6 Å². The molecule has 0 spiro atoms. The van der Waals surface area contributed by atoms with E-state index in [0.717, 1.165) is 44.2 Å². The number of rotatable bonds is 6. The highest BCUT2D eigenvalue weighted by atomic mass is 32.1. The third kappa shape index (κ3) is 5.20. The summed E-state index contributed by atoms with van der Waals surface area (Å²) in [5.74, 6) is -0.154. The molecule has 0 saturated carbocycles. The highest BCUT2D eigenvalue weighted by Gasteiger charge is 2.21. The second-order valence-electron chi connectivity index (χ2n) is 14.2. The van der Waals surface area contributed by atoms with Crippen LogP contribution in [0.3, 0.4) is 0 Å². The fourth-order valence-corrected chi connectivity index (χ4v) is 9.75. The Kier molecular flexibility index (Phi) is 6.53. The lowest BCUT2D eigenvalue weighted by Crippen LogP contribution is -2.00. The normalized spacial score (nSPS) is 13.5. The topological polar surface area (TPSA) is 17.8 Å². The first-order chi connectivity index (χ1) is 29.7. The maximum absolute atomic E-state index is 8.73. The molecule has 0 aliphatic rings. The minimum atomic E-state index is -2.93. The standard InChI is InChI=1S/C53H36N2S/c1-2-50-54-46-25-9-10-26-47(46)55(50)39-20-13-18-36(32-39)35-17-12-19-38(31-35)51-40-21-6-7-22-41(40)52(45-33-37(29-30-42(45)51)34-15-4-3-5-16-34)44-24-14-28-49-53(44)43-23-8-11-27-48(43)56-49/h3-33H,2H2,1H3/i1D3,2D2. The number of fused-ring (bicyclic) bond motifs is 6. The Labute approximate surface area is 336 Å². The molecule has 0 radical (unpaired) electrons. The summed E-state index contributed by atoms with van der Waals surface area (Å²) in [7, 11) is 0. The number of thiophene rings is 1. The molecule has 0 aliphatic carbocycles. The Balaban J connectivity index is 1.14. The smallest absolute Gasteiger partial charge is 0.114 e. The quantitative estimate of drug-likeness (QED) is 0.155. The molecule has 0 bridgehead atoms. The number of aromatic nitrogens is 2. The summed E-state index contributed by atoms with van der Waals surface area (Å²) < 4.78 is 45.9. The molecule has 3 heteroatoms. The number of hydrogen-bond donors (Lipinski definition) is 0. The summed E-state index contributed by atoms with van der Waals surface area (Å²) >= 11 is 1.84. The van der Waals surface area contributed by atoms with Crippen molar-refractivity contribution in [1.29, 1.82) is 0 Å². The molecule has 11 aromatic rings. The molecule has 0 unspecified atom stereocenters. The van der Waals surface area contributed by atoms with Gasteiger partial charge in [-0.3, -0.25) is 4.57 Å². The molecule has 9 aromatic carbocycles. The maximum Gasteiger partial charge on any atom is 0.114 e. The monoisotopic (exact) mass is 737 g/mol. The lowest BCUT2D eigenvalue weighted by molar-refractivity contribution is 0.908. The van der Waals surface area contributed by atoms with E-state index >= 15 is 0 Å². The van der Waals surface area contributed by atoms with E-state index in [1.165, 1.54) is 42.1 Å². The van der Waals surface area contributed by atoms with Crippen LogP contribution in [-0.2, 0) is 6.37 Å². The Morgan fingerprint density at radius 1 is 0.500 bits per heavy atom. The molecule has 0 saturated heterocycles. The first-order valence-corrected chi connectivity index (χ1v) is 19.6. The minimum absolute atomic E-state index is 0.154. The highest BCUT2D eigenvalue weighted by molar-refractivity contribution is 7.26. The fraction of sp³-hybridized carbons (Fsp3) is 0.0377. The van der Waals surface area contributed by atoms with E-state index in [1.807, 2.05) is 53.8 Å². The summed E-state index contributed by atoms with van der Waals surface area (Å²) in [6.45, 7) is -2.93. The second-order valence-corrected chi connectivity index (χ2v) is 15.3. The number of para-hydroxylation sites is 2. The van der Waals surface area contributed by atoms with Gasteiger partial charge in [0.15, 0.2) is 0 Å². The van der Waals surface area contributed by atoms with Gasteiger partial charge in [-0.25, -0.2) is 4.98 Å². The fourth-order valence-electron chi connectivity index (χ4n) is 8.62. The molecule has 2 aromatic heterocycles. The zero-order valence-electron chi connectivity index (χ0n) is 35.2. The van der Waals surface area contributed by atoms with Crippen molar-refractivity contribution in [3.8, 4) is 50.2 Å². The van der Waals surface area contributed by atoms with Crippen LogP contribution >= 0.6 is 11.3 Å². The largest absolute Gasteiger partial charge is 0.296 e. The van der Waals surface area contributed by atoms with Gasteiger partial charge in [0, 0.05) is 39.1 Å². The van der Waals surface area contributed by atoms with Crippen LogP contribution < -0.4 is 0 Å². The molecule has 2 heterocycles. The predicted molar refractivity (Wildman–Crippen MR) is 240 cm³/mol. The third-order valence-corrected chi connectivity index (χ3v) is 12.2. The summed E-state index contributed by atoms with van der Waals surface area (Å²) in [6, 6.07) is 65.3. The number of nitrogens with zero attached hydrogens (tertiary/aromatic N) is 2. The van der Waals surface area contributed by atoms with Gasteiger partial charge in [-0.15, -0.1) is 11.3 Å². The van der Waals surface area contributed by atoms with Crippen molar-refractivity contribution < 1.29 is 6.85 Å². The Hall–Kier alpha value is -6.81. The highest BCUT2D eigenvalue weighted by Crippen LogP contribution is 2.49. The maximum atomic E-state index is 8.73. The van der Waals surface area contributed by atoms with Crippen LogP contribution in [0, 0.1) is 0 Å². The Morgan fingerprint density at radius 2 is 1.14 bits per heavy atom. The molecule has 2 nitrogen and oxygen atoms in total. The molecular weight excluding hydrogens is 697 g/mol. The zero-order chi connectivity index (χ0) is 41.5. The summed E-state index contributed by atoms with van der Waals surface area (Å²) in [5, 5.41) is 7.19. The number of benzene rings is 9. The Morgan fingerprint density at radius 3 is 2.02 bits per heavy atom. The van der Waals surface area contributed by atoms with Crippen molar-refractivity contribution >= 4 is 64.1 Å². The van der Waals surface area contributed by atoms with E-state index in [0.29, 0.717) is 16.7 Å². The lowest BCUT2D eigenvalue weighted by atomic mass is 9.83. The van der Waals surface area contributed by atoms with Crippen LogP contribution in [0.4, 0.5) is 0 Å². The van der Waals surface area contributed by atoms with Gasteiger partial charge < -0.3 is 0 Å². The van der Waals surface area contributed by atoms with Crippen molar-refractivity contribution in [1.82, 2.24) is 9.55 Å². The molecular formula is C53H36N2S. The lowest BCUT2D eigenvalue weighted by Gasteiger charge is -2.20. The Bertz CT molecular complexity index is 3510. The number of aryl methyl sites for hydroxylation is 1. The van der Waals surface area contributed by atoms with Crippen molar-refractivity contribution in [2.24, 2.45) is 0 Å². The van der Waals surface area contributed by atoms with Gasteiger partial charge >= 0.3 is 0 Å². The SMILES string of the molecule is [2H]C([2H])([2H])C([2H])([2H])c1nc2ccccc2n1-c1cccc(-c2cccc(-c3c4ccccc4c(-c4cccc5sc6ccccc6c45)c4cc(-c5ccccc5)ccc34)c2)c1. The molecule has 0 atom stereocenters. The van der Waals surface area contributed by atoms with Gasteiger partial charge in [0.05, 0.1) is 11.0 Å². The van der Waals surface area contributed by atoms with E-state index < -0.39 is 13.2 Å². The molecule has 56 heavy (non-hydrogen) atoms. The first kappa shape index (κ1) is 27.7. The molecule has 264 valence electrons. The van der Waals surface area contributed by atoms with Crippen LogP contribution in [0.15, 0.2) is 188 Å². The molecule has 0 amide bonds. The molecule has 0 fully saturated rings. The van der Waals surface area contributed by atoms with Gasteiger partial charge in [-0.1, -0.05) is 146 Å². The predicted octanol–water partition coefficient (Wildman–Crippen LogP) is 14.9. The first-order valence-electron chi connectivity index (χ1n) is 21.3. The van der Waals surface area contributed by atoms with Crippen LogP contribution in [0.1, 0.15) is 19.5 Å². The zero-order valence-corrected chi connectivity index (χ0v) is 31.0. The van der Waals surface area contributed by atoms with Crippen LogP contribution in [0.5, 0.6) is 0 Å². The van der Waals surface area contributed by atoms with Gasteiger partial charge in [-0.2, -0.15) is 0 Å². The summed E-state index contributed by atoms with van der Waals surface area (Å²) in [4.78, 5) is 4.55. The minimum Gasteiger partial charge on any atom is -0.296 e. The average molecular weight is 738 g/mol. The van der Waals surface area contributed by atoms with Gasteiger partial charge in [-0.05, 0) is 115 Å². The van der Waals surface area contributed by atoms with E-state index in [4.69, 9.17) is 6.85 Å². The van der Waals surface area contributed by atoms with Crippen LogP contribution in [0.2, 0.25) is 0 Å². The number of hydrogen-bond acceptors (Lipinski definition) is 2. The van der Waals surface area contributed by atoms with Gasteiger partial charge in [0.25, 0.3) is 0 Å². The van der Waals surface area contributed by atoms with Crippen molar-refractivity contribution in [2.75, 3.05) is 0 Å². The van der Waals surface area contributed by atoms with Crippen LogP contribution in [-0.4, -0.2) is 9.55 Å². The average Bonchev–Trinajstić information content (AvgIpc) is 3.88. The van der Waals surface area contributed by atoms with Crippen molar-refractivity contribution in [3.63, 3.8) is 0 Å². The molecule has 11 rings (SSSR count). The summed E-state index contributed by atoms with van der Waals surface area (Å²) in [5.41, 5.74) is 10.6. The third-order valence-electron chi connectivity index (χ3n) is 11.1. The van der Waals surface area contributed by atoms with E-state index in [9.17, 15) is 0 Å². The molecule has 0 aliphatic heterocycles. The van der Waals surface area contributed by atoms with E-state index in [-0.39, 0.29) is 5.82 Å². The van der Waals surface area contributed by atoms with Crippen molar-refractivity contribution in [3.05, 3.63) is 194 Å². The van der Waals surface area contributed by atoms with Gasteiger partial charge in [0.2, 0.25) is 0 Å². The number of imidazole rings is 1. The van der Waals surface area contributed by atoms with E-state index in [2.05, 4.69) is 145 Å². The summed E-state index contributed by atoms with van der Waals surface area (Å²) in [6.07, 6.45) is -2.70. The van der Waals surface area contributed by atoms with Gasteiger partial charge in [0.1, 0.15) is 5.82 Å². The van der Waals surface area contributed by atoms with Crippen molar-refractivity contribution in [2.45, 2.75) is 13.2 Å².